The van der Waals surface area contributed by atoms with Crippen LogP contribution in [-0.2, 0) is 14.3 Å². The third kappa shape index (κ3) is 14.3. The first-order chi connectivity index (χ1) is 11.1. The van der Waals surface area contributed by atoms with E-state index in [9.17, 15) is 9.59 Å². The number of aliphatic carboxylic acids is 1. The molecule has 0 aliphatic heterocycles. The van der Waals surface area contributed by atoms with Gasteiger partial charge in [-0.25, -0.2) is 0 Å². The van der Waals surface area contributed by atoms with Crippen LogP contribution in [0.1, 0.15) is 90.9 Å². The van der Waals surface area contributed by atoms with Crippen molar-refractivity contribution in [3.8, 4) is 0 Å². The summed E-state index contributed by atoms with van der Waals surface area (Å²) in [6.45, 7) is 5.08. The van der Waals surface area contributed by atoms with E-state index in [1.165, 1.54) is 51.4 Å². The molecule has 4 heteroatoms. The van der Waals surface area contributed by atoms with Gasteiger partial charge in [-0.15, -0.1) is 0 Å². The van der Waals surface area contributed by atoms with E-state index in [0.29, 0.717) is 19.0 Å². The Bertz CT molecular complexity index is 291. The molecule has 136 valence electrons. The zero-order valence-corrected chi connectivity index (χ0v) is 15.1. The molecule has 0 aromatic rings. The average Bonchev–Trinajstić information content (AvgIpc) is 2.53. The van der Waals surface area contributed by atoms with E-state index in [1.54, 1.807) is 6.92 Å². The fourth-order valence-corrected chi connectivity index (χ4v) is 2.94. The SMILES string of the molecule is CCCCCCC(CCCCCCC(C)C(=O)O)CCOC=O. The molecule has 0 rings (SSSR count). The number of carboxylic acids is 1. The van der Waals surface area contributed by atoms with Crippen LogP contribution in [0.5, 0.6) is 0 Å². The summed E-state index contributed by atoms with van der Waals surface area (Å²) >= 11 is 0. The van der Waals surface area contributed by atoms with E-state index in [0.717, 1.165) is 25.7 Å². The van der Waals surface area contributed by atoms with Crippen LogP contribution in [0, 0.1) is 11.8 Å². The maximum absolute atomic E-state index is 10.7. The molecule has 0 fully saturated rings. The lowest BCUT2D eigenvalue weighted by molar-refractivity contribution is -0.141. The fraction of sp³-hybridized carbons (Fsp3) is 0.895. The van der Waals surface area contributed by atoms with Gasteiger partial charge in [-0.2, -0.15) is 0 Å². The first kappa shape index (κ1) is 21.9. The van der Waals surface area contributed by atoms with Crippen molar-refractivity contribution < 1.29 is 19.4 Å². The first-order valence-electron chi connectivity index (χ1n) is 9.39. The van der Waals surface area contributed by atoms with Crippen molar-refractivity contribution in [3.05, 3.63) is 0 Å². The van der Waals surface area contributed by atoms with Gasteiger partial charge in [-0.3, -0.25) is 9.59 Å². The van der Waals surface area contributed by atoms with E-state index in [4.69, 9.17) is 9.84 Å². The fourth-order valence-electron chi connectivity index (χ4n) is 2.94. The third-order valence-electron chi connectivity index (χ3n) is 4.60. The van der Waals surface area contributed by atoms with Gasteiger partial charge in [-0.1, -0.05) is 78.1 Å². The average molecular weight is 328 g/mol. The van der Waals surface area contributed by atoms with Crippen molar-refractivity contribution in [1.29, 1.82) is 0 Å². The number of ether oxygens (including phenoxy) is 1. The highest BCUT2D eigenvalue weighted by Crippen LogP contribution is 2.22. The van der Waals surface area contributed by atoms with Crippen LogP contribution in [0.15, 0.2) is 0 Å². The second-order valence-corrected chi connectivity index (χ2v) is 6.70. The molecule has 0 saturated heterocycles. The number of carboxylic acid groups (broad SMARTS) is 1. The Morgan fingerprint density at radius 1 is 0.957 bits per heavy atom. The Balaban J connectivity index is 3.75. The van der Waals surface area contributed by atoms with Crippen LogP contribution in [0.25, 0.3) is 0 Å². The number of hydrogen-bond acceptors (Lipinski definition) is 3. The van der Waals surface area contributed by atoms with Gasteiger partial charge in [-0.05, 0) is 18.8 Å². The van der Waals surface area contributed by atoms with Gasteiger partial charge >= 0.3 is 5.97 Å². The van der Waals surface area contributed by atoms with Crippen molar-refractivity contribution in [3.63, 3.8) is 0 Å². The highest BCUT2D eigenvalue weighted by molar-refractivity contribution is 5.69. The zero-order valence-electron chi connectivity index (χ0n) is 15.1. The van der Waals surface area contributed by atoms with Gasteiger partial charge in [0.05, 0.1) is 12.5 Å². The van der Waals surface area contributed by atoms with E-state index in [-0.39, 0.29) is 5.92 Å². The zero-order chi connectivity index (χ0) is 17.3. The Kier molecular flexibility index (Phi) is 15.1. The van der Waals surface area contributed by atoms with Gasteiger partial charge in [0.25, 0.3) is 6.47 Å². The Morgan fingerprint density at radius 2 is 1.52 bits per heavy atom. The number of carbonyl (C=O) groups is 2. The van der Waals surface area contributed by atoms with Gasteiger partial charge < -0.3 is 9.84 Å². The summed E-state index contributed by atoms with van der Waals surface area (Å²) in [5.41, 5.74) is 0. The molecule has 0 radical (unpaired) electrons. The lowest BCUT2D eigenvalue weighted by Crippen LogP contribution is -2.09. The van der Waals surface area contributed by atoms with E-state index >= 15 is 0 Å². The molecule has 0 amide bonds. The van der Waals surface area contributed by atoms with Crippen LogP contribution < -0.4 is 0 Å². The van der Waals surface area contributed by atoms with Crippen molar-refractivity contribution in [2.45, 2.75) is 90.9 Å². The van der Waals surface area contributed by atoms with Crippen LogP contribution in [-0.4, -0.2) is 24.2 Å². The van der Waals surface area contributed by atoms with Crippen LogP contribution >= 0.6 is 0 Å². The van der Waals surface area contributed by atoms with Crippen LogP contribution in [0.4, 0.5) is 0 Å². The molecule has 1 N–H and O–H groups in total. The normalized spacial score (nSPS) is 13.5. The van der Waals surface area contributed by atoms with Gasteiger partial charge in [0, 0.05) is 0 Å². The Hall–Kier alpha value is -1.06. The molecule has 0 aromatic heterocycles. The minimum absolute atomic E-state index is 0.221. The Labute approximate surface area is 142 Å². The molecule has 0 heterocycles. The largest absolute Gasteiger partial charge is 0.481 e. The van der Waals surface area contributed by atoms with E-state index in [1.807, 2.05) is 0 Å². The minimum atomic E-state index is -0.688. The lowest BCUT2D eigenvalue weighted by Gasteiger charge is -2.16. The smallest absolute Gasteiger partial charge is 0.306 e. The second-order valence-electron chi connectivity index (χ2n) is 6.70. The minimum Gasteiger partial charge on any atom is -0.481 e. The van der Waals surface area contributed by atoms with Gasteiger partial charge in [0.15, 0.2) is 0 Å². The molecule has 0 bridgehead atoms. The topological polar surface area (TPSA) is 63.6 Å². The van der Waals surface area contributed by atoms with E-state index < -0.39 is 5.97 Å². The molecule has 2 unspecified atom stereocenters. The molecule has 23 heavy (non-hydrogen) atoms. The molecule has 0 aliphatic rings. The number of carbonyl (C=O) groups excluding carboxylic acids is 1. The van der Waals surface area contributed by atoms with Crippen LogP contribution in [0.2, 0.25) is 0 Å². The Morgan fingerprint density at radius 3 is 2.04 bits per heavy atom. The number of rotatable bonds is 17. The van der Waals surface area contributed by atoms with Gasteiger partial charge in [0.1, 0.15) is 0 Å². The summed E-state index contributed by atoms with van der Waals surface area (Å²) in [5, 5.41) is 8.84. The van der Waals surface area contributed by atoms with Crippen LogP contribution in [0.3, 0.4) is 0 Å². The standard InChI is InChI=1S/C19H36O4/c1-3-4-5-9-12-18(14-15-23-16-20)13-10-7-6-8-11-17(2)19(21)22/h16-18H,3-15H2,1-2H3,(H,21,22). The molecule has 4 nitrogen and oxygen atoms in total. The maximum atomic E-state index is 10.7. The quantitative estimate of drug-likeness (QED) is 0.294. The highest BCUT2D eigenvalue weighted by Gasteiger charge is 2.11. The lowest BCUT2D eigenvalue weighted by atomic mass is 9.91. The predicted molar refractivity (Wildman–Crippen MR) is 93.4 cm³/mol. The summed E-state index contributed by atoms with van der Waals surface area (Å²) in [4.78, 5) is 21.0. The molecule has 0 saturated carbocycles. The number of unbranched alkanes of at least 4 members (excludes halogenated alkanes) is 6. The molecular formula is C19H36O4. The summed E-state index contributed by atoms with van der Waals surface area (Å²) in [5.74, 6) is -0.251. The summed E-state index contributed by atoms with van der Waals surface area (Å²) < 4.78 is 4.85. The second kappa shape index (κ2) is 15.8. The van der Waals surface area contributed by atoms with Crippen molar-refractivity contribution in [2.75, 3.05) is 6.61 Å². The summed E-state index contributed by atoms with van der Waals surface area (Å²) in [6.07, 6.45) is 13.8. The first-order valence-corrected chi connectivity index (χ1v) is 9.39. The maximum Gasteiger partial charge on any atom is 0.306 e. The number of hydrogen-bond donors (Lipinski definition) is 1. The van der Waals surface area contributed by atoms with Crippen molar-refractivity contribution in [1.82, 2.24) is 0 Å². The third-order valence-corrected chi connectivity index (χ3v) is 4.60. The molecule has 0 spiro atoms. The van der Waals surface area contributed by atoms with Gasteiger partial charge in [0.2, 0.25) is 0 Å². The molecule has 0 aliphatic carbocycles. The molecule has 2 atom stereocenters. The summed E-state index contributed by atoms with van der Waals surface area (Å²) in [6, 6.07) is 0. The van der Waals surface area contributed by atoms with Crippen molar-refractivity contribution >= 4 is 12.4 Å². The van der Waals surface area contributed by atoms with E-state index in [2.05, 4.69) is 6.92 Å². The highest BCUT2D eigenvalue weighted by atomic mass is 16.5. The molecule has 0 aromatic carbocycles. The monoisotopic (exact) mass is 328 g/mol. The summed E-state index contributed by atoms with van der Waals surface area (Å²) in [7, 11) is 0. The molecular weight excluding hydrogens is 292 g/mol. The predicted octanol–water partition coefficient (Wildman–Crippen LogP) is 5.20. The van der Waals surface area contributed by atoms with Crippen molar-refractivity contribution in [2.24, 2.45) is 11.8 Å².